The molecule has 0 radical (unpaired) electrons. The number of nitro benzene ring substituents is 1. The molecule has 1 amide bonds. The molecule has 13 heteroatoms. The Morgan fingerprint density at radius 3 is 2.53 bits per heavy atom. The van der Waals surface area contributed by atoms with E-state index in [1.54, 1.807) is 10.9 Å². The molecule has 186 valence electrons. The number of benzene rings is 2. The number of ether oxygens (including phenoxy) is 1. The highest BCUT2D eigenvalue weighted by Crippen LogP contribution is 2.34. The zero-order valence-corrected chi connectivity index (χ0v) is 19.0. The largest absolute Gasteiger partial charge is 0.457 e. The molecule has 0 aliphatic heterocycles. The molecule has 0 spiro atoms. The van der Waals surface area contributed by atoms with E-state index >= 15 is 0 Å². The fraction of sp³-hybridized carbons (Fsp3) is 0.174. The first-order valence-electron chi connectivity index (χ1n) is 10.5. The van der Waals surface area contributed by atoms with Crippen LogP contribution in [0.5, 0.6) is 11.5 Å². The molecule has 0 fully saturated rings. The van der Waals surface area contributed by atoms with E-state index in [9.17, 15) is 28.1 Å². The predicted octanol–water partition coefficient (Wildman–Crippen LogP) is 5.17. The molecule has 0 bridgehead atoms. The number of carbonyl (C=O) groups excluding carboxylic acids is 1. The van der Waals surface area contributed by atoms with Crippen LogP contribution in [-0.4, -0.2) is 30.4 Å². The highest BCUT2D eigenvalue weighted by Gasteiger charge is 2.30. The summed E-state index contributed by atoms with van der Waals surface area (Å²) in [4.78, 5) is 23.4. The molecular formula is C23H19F3N6O4. The second-order valence-corrected chi connectivity index (χ2v) is 7.86. The number of alkyl halides is 3. The van der Waals surface area contributed by atoms with E-state index < -0.39 is 28.3 Å². The number of non-ortho nitro benzene ring substituents is 1. The van der Waals surface area contributed by atoms with Crippen LogP contribution in [0.2, 0.25) is 0 Å². The molecule has 0 aliphatic carbocycles. The van der Waals surface area contributed by atoms with Gasteiger partial charge < -0.3 is 10.1 Å². The van der Waals surface area contributed by atoms with Gasteiger partial charge in [0.05, 0.1) is 27.9 Å². The third kappa shape index (κ3) is 5.68. The first kappa shape index (κ1) is 24.4. The Morgan fingerprint density at radius 1 is 1.08 bits per heavy atom. The van der Waals surface area contributed by atoms with E-state index in [2.05, 4.69) is 15.5 Å². The van der Waals surface area contributed by atoms with Crippen molar-refractivity contribution in [3.63, 3.8) is 0 Å². The number of aryl methyl sites for hydroxylation is 2. The van der Waals surface area contributed by atoms with E-state index in [1.165, 1.54) is 22.9 Å². The smallest absolute Gasteiger partial charge is 0.416 e. The monoisotopic (exact) mass is 500 g/mol. The number of anilines is 1. The van der Waals surface area contributed by atoms with E-state index in [-0.39, 0.29) is 29.5 Å². The van der Waals surface area contributed by atoms with Crippen molar-refractivity contribution in [1.29, 1.82) is 0 Å². The number of rotatable bonds is 7. The van der Waals surface area contributed by atoms with Gasteiger partial charge in [-0.05, 0) is 44.2 Å². The first-order valence-corrected chi connectivity index (χ1v) is 10.5. The summed E-state index contributed by atoms with van der Waals surface area (Å²) in [6.07, 6.45) is -3.00. The minimum absolute atomic E-state index is 0.00396. The normalized spacial score (nSPS) is 11.4. The SMILES string of the molecule is Cc1cc(C)n(Cn2ccc(C(=O)Nc3cc(Oc4cccc(C(F)(F)F)c4)cc([N+](=O)[O-])c3)n2)n1. The Morgan fingerprint density at radius 2 is 1.86 bits per heavy atom. The molecule has 0 saturated carbocycles. The Hall–Kier alpha value is -4.68. The van der Waals surface area contributed by atoms with E-state index in [0.29, 0.717) is 0 Å². The minimum atomic E-state index is -4.58. The van der Waals surface area contributed by atoms with Crippen molar-refractivity contribution < 1.29 is 27.6 Å². The Kier molecular flexibility index (Phi) is 6.47. The number of hydrogen-bond donors (Lipinski definition) is 1. The van der Waals surface area contributed by atoms with Gasteiger partial charge in [-0.3, -0.25) is 19.6 Å². The zero-order chi connectivity index (χ0) is 26.0. The third-order valence-corrected chi connectivity index (χ3v) is 5.01. The number of nitrogens with zero attached hydrogens (tertiary/aromatic N) is 5. The van der Waals surface area contributed by atoms with Gasteiger partial charge in [-0.15, -0.1) is 0 Å². The lowest BCUT2D eigenvalue weighted by Crippen LogP contribution is -2.15. The summed E-state index contributed by atoms with van der Waals surface area (Å²) in [6.45, 7) is 4.02. The van der Waals surface area contributed by atoms with Crippen LogP contribution >= 0.6 is 0 Å². The van der Waals surface area contributed by atoms with Crippen LogP contribution in [0, 0.1) is 24.0 Å². The molecule has 0 atom stereocenters. The zero-order valence-electron chi connectivity index (χ0n) is 19.0. The molecule has 0 aliphatic rings. The Bertz CT molecular complexity index is 1440. The summed E-state index contributed by atoms with van der Waals surface area (Å²) in [7, 11) is 0. The van der Waals surface area contributed by atoms with Crippen molar-refractivity contribution in [2.24, 2.45) is 0 Å². The number of aromatic nitrogens is 4. The molecular weight excluding hydrogens is 481 g/mol. The summed E-state index contributed by atoms with van der Waals surface area (Å²) in [6, 6.07) is 10.9. The molecule has 10 nitrogen and oxygen atoms in total. The van der Waals surface area contributed by atoms with Gasteiger partial charge in [-0.1, -0.05) is 6.07 Å². The van der Waals surface area contributed by atoms with Crippen LogP contribution < -0.4 is 10.1 Å². The lowest BCUT2D eigenvalue weighted by molar-refractivity contribution is -0.384. The van der Waals surface area contributed by atoms with Crippen LogP contribution in [0.15, 0.2) is 60.8 Å². The van der Waals surface area contributed by atoms with Crippen molar-refractivity contribution >= 4 is 17.3 Å². The molecule has 0 saturated heterocycles. The van der Waals surface area contributed by atoms with E-state index in [1.807, 2.05) is 19.9 Å². The van der Waals surface area contributed by atoms with Gasteiger partial charge in [0.15, 0.2) is 5.69 Å². The molecule has 2 heterocycles. The summed E-state index contributed by atoms with van der Waals surface area (Å²) in [5, 5.41) is 22.4. The lowest BCUT2D eigenvalue weighted by atomic mass is 10.2. The van der Waals surface area contributed by atoms with Gasteiger partial charge in [0.25, 0.3) is 11.6 Å². The molecule has 2 aromatic carbocycles. The Labute approximate surface area is 202 Å². The molecule has 0 unspecified atom stereocenters. The van der Waals surface area contributed by atoms with E-state index in [0.717, 1.165) is 41.7 Å². The number of nitrogens with one attached hydrogen (secondary N) is 1. The van der Waals surface area contributed by atoms with E-state index in [4.69, 9.17) is 4.74 Å². The maximum absolute atomic E-state index is 13.0. The summed E-state index contributed by atoms with van der Waals surface area (Å²) >= 11 is 0. The predicted molar refractivity (Wildman–Crippen MR) is 122 cm³/mol. The highest BCUT2D eigenvalue weighted by atomic mass is 19.4. The van der Waals surface area contributed by atoms with Crippen molar-refractivity contribution in [1.82, 2.24) is 19.6 Å². The summed E-state index contributed by atoms with van der Waals surface area (Å²) in [5.74, 6) is -0.952. The number of hydrogen-bond acceptors (Lipinski definition) is 6. The van der Waals surface area contributed by atoms with Crippen LogP contribution in [0.3, 0.4) is 0 Å². The van der Waals surface area contributed by atoms with Crippen LogP contribution in [0.4, 0.5) is 24.5 Å². The minimum Gasteiger partial charge on any atom is -0.457 e. The fourth-order valence-electron chi connectivity index (χ4n) is 3.40. The number of halogens is 3. The Balaban J connectivity index is 1.53. The molecule has 2 aromatic heterocycles. The number of amides is 1. The lowest BCUT2D eigenvalue weighted by Gasteiger charge is -2.11. The summed E-state index contributed by atoms with van der Waals surface area (Å²) in [5.41, 5.74) is 0.442. The van der Waals surface area contributed by atoms with Crippen LogP contribution in [0.25, 0.3) is 0 Å². The highest BCUT2D eigenvalue weighted by molar-refractivity contribution is 6.03. The quantitative estimate of drug-likeness (QED) is 0.276. The molecule has 36 heavy (non-hydrogen) atoms. The van der Waals surface area contributed by atoms with Crippen molar-refractivity contribution in [3.05, 3.63) is 93.6 Å². The average Bonchev–Trinajstić information content (AvgIpc) is 3.39. The first-order chi connectivity index (χ1) is 17.0. The maximum Gasteiger partial charge on any atom is 0.416 e. The number of carbonyl (C=O) groups is 1. The van der Waals surface area contributed by atoms with Crippen molar-refractivity contribution in [2.45, 2.75) is 26.7 Å². The van der Waals surface area contributed by atoms with Gasteiger partial charge in [0, 0.05) is 24.0 Å². The maximum atomic E-state index is 13.0. The van der Waals surface area contributed by atoms with Crippen LogP contribution in [0.1, 0.15) is 27.4 Å². The van der Waals surface area contributed by atoms with Gasteiger partial charge in [-0.25, -0.2) is 4.68 Å². The van der Waals surface area contributed by atoms with Gasteiger partial charge in [-0.2, -0.15) is 23.4 Å². The number of nitro groups is 1. The van der Waals surface area contributed by atoms with Crippen molar-refractivity contribution in [2.75, 3.05) is 5.32 Å². The standard InChI is InChI=1S/C23H19F3N6O4/c1-14-8-15(2)31(28-14)13-30-7-6-21(29-30)22(33)27-17-10-18(32(34)35)12-20(11-17)36-19-5-3-4-16(9-19)23(24,25)26/h3-12H,13H2,1-2H3,(H,27,33). The average molecular weight is 500 g/mol. The third-order valence-electron chi connectivity index (χ3n) is 5.01. The van der Waals surface area contributed by atoms with Crippen molar-refractivity contribution in [3.8, 4) is 11.5 Å². The molecule has 4 aromatic rings. The topological polar surface area (TPSA) is 117 Å². The second kappa shape index (κ2) is 9.52. The van der Waals surface area contributed by atoms with Gasteiger partial charge >= 0.3 is 6.18 Å². The molecule has 4 rings (SSSR count). The summed E-state index contributed by atoms with van der Waals surface area (Å²) < 4.78 is 47.6. The molecule has 1 N–H and O–H groups in total. The van der Waals surface area contributed by atoms with Crippen LogP contribution in [-0.2, 0) is 12.8 Å². The van der Waals surface area contributed by atoms with Gasteiger partial charge in [0.2, 0.25) is 0 Å². The second-order valence-electron chi connectivity index (χ2n) is 7.86. The fourth-order valence-corrected chi connectivity index (χ4v) is 3.40. The van der Waals surface area contributed by atoms with Gasteiger partial charge in [0.1, 0.15) is 18.2 Å².